The highest BCUT2D eigenvalue weighted by Gasteiger charge is 2.64. The minimum Gasteiger partial charge on any atom is -0.229 e. The van der Waals surface area contributed by atoms with Crippen LogP contribution >= 0.6 is 11.6 Å². The van der Waals surface area contributed by atoms with E-state index in [2.05, 4.69) is 39.1 Å². The maximum Gasteiger partial charge on any atom is 0.157 e. The Balaban J connectivity index is 1.44. The van der Waals surface area contributed by atoms with Gasteiger partial charge in [0.1, 0.15) is 33.0 Å². The molecule has 3 aromatic heterocycles. The van der Waals surface area contributed by atoms with E-state index in [4.69, 9.17) is 11.6 Å². The van der Waals surface area contributed by atoms with Gasteiger partial charge in [-0.3, -0.25) is 0 Å². The van der Waals surface area contributed by atoms with Crippen LogP contribution in [0.4, 0.5) is 8.78 Å². The van der Waals surface area contributed by atoms with E-state index >= 15 is 0 Å². The van der Waals surface area contributed by atoms with Crippen LogP contribution in [0.3, 0.4) is 0 Å². The molecule has 1 aromatic carbocycles. The summed E-state index contributed by atoms with van der Waals surface area (Å²) in [5.74, 6) is -0.505. The Morgan fingerprint density at radius 3 is 2.59 bits per heavy atom. The normalized spacial score (nSPS) is 21.3. The highest BCUT2D eigenvalue weighted by molar-refractivity contribution is 7.90. The zero-order valence-electron chi connectivity index (χ0n) is 21.5. The van der Waals surface area contributed by atoms with E-state index in [1.807, 2.05) is 12.1 Å². The van der Waals surface area contributed by atoms with Crippen LogP contribution in [-0.2, 0) is 21.7 Å². The van der Waals surface area contributed by atoms with Crippen molar-refractivity contribution < 1.29 is 17.2 Å². The molecule has 0 radical (unpaired) electrons. The Labute approximate surface area is 229 Å². The Kier molecular flexibility index (Phi) is 5.89. The number of nitrogens with zero attached hydrogens (tertiary/aromatic N) is 6. The third-order valence-electron chi connectivity index (χ3n) is 8.34. The van der Waals surface area contributed by atoms with Crippen molar-refractivity contribution in [2.45, 2.75) is 44.4 Å². The number of pyridine rings is 1. The van der Waals surface area contributed by atoms with Gasteiger partial charge in [-0.05, 0) is 65.6 Å². The van der Waals surface area contributed by atoms with Gasteiger partial charge in [-0.15, -0.1) is 10.2 Å². The summed E-state index contributed by atoms with van der Waals surface area (Å²) >= 11 is 6.53. The number of hydrogen-bond donors (Lipinski definition) is 0. The van der Waals surface area contributed by atoms with Gasteiger partial charge in [0.15, 0.2) is 11.6 Å². The predicted octanol–water partition coefficient (Wildman–Crippen LogP) is 4.84. The number of hydrogen-bond acceptors (Lipinski definition) is 7. The SMILES string of the molecule is CC1(C)C2CCC1(c1cc(Cl)nc(-n3cnc(CCS(C)(=O)=O)n3)c1)c1nnc(-c3c(F)cccc3F)cc12. The van der Waals surface area contributed by atoms with Gasteiger partial charge in [0, 0.05) is 18.1 Å². The summed E-state index contributed by atoms with van der Waals surface area (Å²) in [6, 6.07) is 9.23. The second-order valence-electron chi connectivity index (χ2n) is 10.9. The van der Waals surface area contributed by atoms with E-state index in [0.717, 1.165) is 29.7 Å². The van der Waals surface area contributed by atoms with Crippen LogP contribution in [-0.4, -0.2) is 50.4 Å². The molecule has 8 nitrogen and oxygen atoms in total. The molecular weight excluding hydrogens is 546 g/mol. The van der Waals surface area contributed by atoms with Crippen molar-refractivity contribution in [2.24, 2.45) is 5.41 Å². The van der Waals surface area contributed by atoms with Crippen molar-refractivity contribution in [3.05, 3.63) is 82.2 Å². The second kappa shape index (κ2) is 8.85. The first-order valence-electron chi connectivity index (χ1n) is 12.5. The van der Waals surface area contributed by atoms with E-state index < -0.39 is 26.9 Å². The molecule has 0 aliphatic heterocycles. The monoisotopic (exact) mass is 570 g/mol. The predicted molar refractivity (Wildman–Crippen MR) is 141 cm³/mol. The Hall–Kier alpha value is -3.31. The molecule has 39 heavy (non-hydrogen) atoms. The Morgan fingerprint density at radius 1 is 1.13 bits per heavy atom. The van der Waals surface area contributed by atoms with Crippen LogP contribution in [0.25, 0.3) is 17.1 Å². The summed E-state index contributed by atoms with van der Waals surface area (Å²) < 4.78 is 53.7. The molecule has 2 aliphatic rings. The van der Waals surface area contributed by atoms with Gasteiger partial charge in [0.25, 0.3) is 0 Å². The second-order valence-corrected chi connectivity index (χ2v) is 13.5. The number of aryl methyl sites for hydroxylation is 1. The van der Waals surface area contributed by atoms with Crippen LogP contribution in [0.15, 0.2) is 42.7 Å². The van der Waals surface area contributed by atoms with Crippen LogP contribution < -0.4 is 0 Å². The van der Waals surface area contributed by atoms with Crippen LogP contribution in [0.1, 0.15) is 55.3 Å². The zero-order valence-corrected chi connectivity index (χ0v) is 23.1. The smallest absolute Gasteiger partial charge is 0.157 e. The molecule has 0 spiro atoms. The third-order valence-corrected chi connectivity index (χ3v) is 9.48. The summed E-state index contributed by atoms with van der Waals surface area (Å²) in [6.07, 6.45) is 4.49. The fraction of sp³-hybridized carbons (Fsp3) is 0.370. The fourth-order valence-corrected chi connectivity index (χ4v) is 7.23. The maximum absolute atomic E-state index is 14.6. The van der Waals surface area contributed by atoms with Gasteiger partial charge in [-0.1, -0.05) is 31.5 Å². The Bertz CT molecular complexity index is 1720. The molecule has 2 atom stereocenters. The molecule has 2 unspecified atom stereocenters. The lowest BCUT2D eigenvalue weighted by atomic mass is 9.64. The molecule has 6 rings (SSSR count). The molecular formula is C27H25ClF2N6O2S. The molecule has 2 aliphatic carbocycles. The lowest BCUT2D eigenvalue weighted by Crippen LogP contribution is -2.37. The summed E-state index contributed by atoms with van der Waals surface area (Å²) in [6.45, 7) is 4.34. The molecule has 0 amide bonds. The standard InChI is InChI=1S/C27H25ClF2N6O2S/c1-26(2)17-7-9-27(26,25-16(17)13-20(33-34-25)24-18(29)5-4-6-19(24)30)15-11-21(28)32-23(12-15)36-14-31-22(35-36)8-10-39(3,37)38/h4-6,11-14,17H,7-10H2,1-3H3. The molecule has 3 heterocycles. The van der Waals surface area contributed by atoms with Crippen molar-refractivity contribution in [3.8, 4) is 17.1 Å². The molecule has 202 valence electrons. The molecule has 0 N–H and O–H groups in total. The first-order chi connectivity index (χ1) is 18.4. The summed E-state index contributed by atoms with van der Waals surface area (Å²) in [5.41, 5.74) is 1.70. The summed E-state index contributed by atoms with van der Waals surface area (Å²) in [4.78, 5) is 8.68. The van der Waals surface area contributed by atoms with Crippen LogP contribution in [0.5, 0.6) is 0 Å². The number of rotatable bonds is 6. The lowest BCUT2D eigenvalue weighted by molar-refractivity contribution is 0.248. The number of fused-ring (bicyclic) bond motifs is 5. The van der Waals surface area contributed by atoms with E-state index in [1.54, 1.807) is 6.07 Å². The molecule has 1 fully saturated rings. The van der Waals surface area contributed by atoms with Gasteiger partial charge in [0.05, 0.1) is 22.7 Å². The minimum atomic E-state index is -3.16. The van der Waals surface area contributed by atoms with E-state index in [9.17, 15) is 17.2 Å². The van der Waals surface area contributed by atoms with Crippen LogP contribution in [0, 0.1) is 17.0 Å². The third kappa shape index (κ3) is 4.05. The minimum absolute atomic E-state index is 0.0574. The van der Waals surface area contributed by atoms with E-state index in [0.29, 0.717) is 11.6 Å². The van der Waals surface area contributed by atoms with Crippen LogP contribution in [0.2, 0.25) is 5.15 Å². The van der Waals surface area contributed by atoms with E-state index in [1.165, 1.54) is 35.5 Å². The topological polar surface area (TPSA) is 104 Å². The first-order valence-corrected chi connectivity index (χ1v) is 14.9. The largest absolute Gasteiger partial charge is 0.229 e. The molecule has 2 bridgehead atoms. The quantitative estimate of drug-likeness (QED) is 0.305. The average Bonchev–Trinajstić information content (AvgIpc) is 3.50. The zero-order chi connectivity index (χ0) is 27.7. The lowest BCUT2D eigenvalue weighted by Gasteiger charge is -2.38. The average molecular weight is 571 g/mol. The van der Waals surface area contributed by atoms with Gasteiger partial charge in [0.2, 0.25) is 0 Å². The highest BCUT2D eigenvalue weighted by atomic mass is 35.5. The van der Waals surface area contributed by atoms with Crippen molar-refractivity contribution >= 4 is 21.4 Å². The first kappa shape index (κ1) is 25.9. The van der Waals surface area contributed by atoms with Crippen molar-refractivity contribution in [3.63, 3.8) is 0 Å². The van der Waals surface area contributed by atoms with Gasteiger partial charge >= 0.3 is 0 Å². The van der Waals surface area contributed by atoms with Gasteiger partial charge < -0.3 is 0 Å². The molecule has 12 heteroatoms. The van der Waals surface area contributed by atoms with Gasteiger partial charge in [-0.2, -0.15) is 5.10 Å². The van der Waals surface area contributed by atoms with Crippen molar-refractivity contribution in [1.29, 1.82) is 0 Å². The highest BCUT2D eigenvalue weighted by Crippen LogP contribution is 2.69. The molecule has 4 aromatic rings. The fourth-order valence-electron chi connectivity index (χ4n) is 6.48. The number of benzene rings is 1. The van der Waals surface area contributed by atoms with Crippen molar-refractivity contribution in [1.82, 2.24) is 29.9 Å². The number of halogens is 3. The van der Waals surface area contributed by atoms with Gasteiger partial charge in [-0.25, -0.2) is 31.8 Å². The van der Waals surface area contributed by atoms with Crippen molar-refractivity contribution in [2.75, 3.05) is 12.0 Å². The summed E-state index contributed by atoms with van der Waals surface area (Å²) in [7, 11) is -3.16. The Morgan fingerprint density at radius 2 is 1.87 bits per heavy atom. The molecule has 1 saturated carbocycles. The number of aromatic nitrogens is 6. The maximum atomic E-state index is 14.6. The number of sulfone groups is 1. The van der Waals surface area contributed by atoms with E-state index in [-0.39, 0.29) is 39.9 Å². The summed E-state index contributed by atoms with van der Waals surface area (Å²) in [5, 5.41) is 13.6. The molecule has 0 saturated heterocycles.